The van der Waals surface area contributed by atoms with Crippen molar-refractivity contribution >= 4 is 23.6 Å². The first-order valence-corrected chi connectivity index (χ1v) is 15.6. The summed E-state index contributed by atoms with van der Waals surface area (Å²) in [5.41, 5.74) is 0.289. The maximum Gasteiger partial charge on any atom is 0.379 e. The quantitative estimate of drug-likeness (QED) is 0.0342. The van der Waals surface area contributed by atoms with Crippen molar-refractivity contribution in [2.45, 2.75) is 0 Å². The summed E-state index contributed by atoms with van der Waals surface area (Å²) in [6.45, 7) is 7.45. The number of nitrogens with zero attached hydrogens (tertiary/aromatic N) is 1. The Labute approximate surface area is 275 Å². The van der Waals surface area contributed by atoms with Crippen LogP contribution in [-0.4, -0.2) is 161 Å². The molecule has 2 amide bonds. The van der Waals surface area contributed by atoms with Crippen molar-refractivity contribution in [2.75, 3.05) is 132 Å². The Morgan fingerprint density at radius 1 is 0.447 bits per heavy atom. The highest BCUT2D eigenvalue weighted by Gasteiger charge is 2.22. The molecule has 0 bridgehead atoms. The van der Waals surface area contributed by atoms with Crippen molar-refractivity contribution in [1.29, 1.82) is 0 Å². The Hall–Kier alpha value is -3.12. The van der Waals surface area contributed by atoms with Crippen molar-refractivity contribution in [2.24, 2.45) is 0 Å². The van der Waals surface area contributed by atoms with Crippen LogP contribution in [-0.2, 0) is 61.8 Å². The summed E-state index contributed by atoms with van der Waals surface area (Å²) < 4.78 is 53.6. The number of benzene rings is 1. The van der Waals surface area contributed by atoms with Crippen LogP contribution in [0.2, 0.25) is 0 Å². The van der Waals surface area contributed by atoms with E-state index in [4.69, 9.17) is 47.4 Å². The number of rotatable bonds is 32. The first-order chi connectivity index (χ1) is 23.1. The zero-order valence-electron chi connectivity index (χ0n) is 26.8. The van der Waals surface area contributed by atoms with Crippen LogP contribution < -0.4 is 0 Å². The largest absolute Gasteiger partial charge is 0.457 e. The molecule has 1 aliphatic heterocycles. The van der Waals surface area contributed by atoms with E-state index in [1.54, 1.807) is 30.3 Å². The highest BCUT2D eigenvalue weighted by atomic mass is 16.6. The molecule has 0 aromatic heterocycles. The molecule has 0 unspecified atom stereocenters. The average Bonchev–Trinajstić information content (AvgIpc) is 3.41. The zero-order chi connectivity index (χ0) is 33.6. The summed E-state index contributed by atoms with van der Waals surface area (Å²) in [4.78, 5) is 47.5. The smallest absolute Gasteiger partial charge is 0.379 e. The van der Waals surface area contributed by atoms with Gasteiger partial charge in [-0.2, -0.15) is 0 Å². The summed E-state index contributed by atoms with van der Waals surface area (Å²) in [6, 6.07) is 8.23. The van der Waals surface area contributed by atoms with Gasteiger partial charge in [-0.05, 0) is 0 Å². The number of ketones is 1. The number of carbonyl (C=O) groups is 4. The molecule has 0 saturated carbocycles. The van der Waals surface area contributed by atoms with E-state index in [0.29, 0.717) is 106 Å². The van der Waals surface area contributed by atoms with Crippen LogP contribution in [0.4, 0.5) is 0 Å². The number of imide groups is 1. The average molecular weight is 670 g/mol. The van der Waals surface area contributed by atoms with Crippen molar-refractivity contribution in [1.82, 2.24) is 4.90 Å². The van der Waals surface area contributed by atoms with Gasteiger partial charge < -0.3 is 47.4 Å². The van der Waals surface area contributed by atoms with Crippen LogP contribution in [0.1, 0.15) is 10.4 Å². The highest BCUT2D eigenvalue weighted by Crippen LogP contribution is 2.03. The van der Waals surface area contributed by atoms with Crippen molar-refractivity contribution in [3.63, 3.8) is 0 Å². The molecular weight excluding hydrogens is 622 g/mol. The fourth-order valence-electron chi connectivity index (χ4n) is 3.63. The number of ether oxygens (including phenoxy) is 10. The molecule has 0 radical (unpaired) electrons. The molecule has 264 valence electrons. The monoisotopic (exact) mass is 669 g/mol. The van der Waals surface area contributed by atoms with Crippen LogP contribution in [0.25, 0.3) is 0 Å². The third-order valence-corrected chi connectivity index (χ3v) is 6.02. The third kappa shape index (κ3) is 20.7. The molecular formula is C32H47NO14. The van der Waals surface area contributed by atoms with Gasteiger partial charge in [0.2, 0.25) is 0 Å². The summed E-state index contributed by atoms with van der Waals surface area (Å²) in [5, 5.41) is 0. The second kappa shape index (κ2) is 27.9. The summed E-state index contributed by atoms with van der Waals surface area (Å²) in [6.07, 6.45) is 2.50. The molecule has 1 aromatic rings. The van der Waals surface area contributed by atoms with E-state index >= 15 is 0 Å². The maximum atomic E-state index is 11.9. The number of amides is 2. The Bertz CT molecular complexity index is 1000. The van der Waals surface area contributed by atoms with Crippen LogP contribution >= 0.6 is 0 Å². The molecule has 0 atom stereocenters. The molecule has 2 rings (SSSR count). The molecule has 1 aromatic carbocycles. The lowest BCUT2D eigenvalue weighted by molar-refractivity contribution is -0.140. The lowest BCUT2D eigenvalue weighted by atomic mass is 10.1. The number of esters is 1. The second-order valence-electron chi connectivity index (χ2n) is 9.50. The fraction of sp³-hybridized carbons (Fsp3) is 0.625. The highest BCUT2D eigenvalue weighted by molar-refractivity contribution is 6.40. The Balaban J connectivity index is 1.18. The minimum Gasteiger partial charge on any atom is -0.457 e. The molecule has 0 aliphatic carbocycles. The first-order valence-electron chi connectivity index (χ1n) is 15.6. The first kappa shape index (κ1) is 40.1. The SMILES string of the molecule is O=C(OCCOCCOCCOCCOCCOCCOCCOCCOCCOCCN1C(=O)C=CC1=O)C(=O)c1ccccc1. The second-order valence-corrected chi connectivity index (χ2v) is 9.50. The Morgan fingerprint density at radius 2 is 0.766 bits per heavy atom. The molecule has 0 saturated heterocycles. The molecule has 0 N–H and O–H groups in total. The van der Waals surface area contributed by atoms with Gasteiger partial charge in [0.1, 0.15) is 6.61 Å². The minimum atomic E-state index is -0.904. The van der Waals surface area contributed by atoms with Gasteiger partial charge >= 0.3 is 5.97 Å². The van der Waals surface area contributed by atoms with Crippen LogP contribution in [0.15, 0.2) is 42.5 Å². The van der Waals surface area contributed by atoms with Gasteiger partial charge in [0.15, 0.2) is 0 Å². The van der Waals surface area contributed by atoms with E-state index in [-0.39, 0.29) is 43.7 Å². The molecule has 1 heterocycles. The molecule has 15 heteroatoms. The molecule has 0 fully saturated rings. The van der Waals surface area contributed by atoms with Crippen molar-refractivity contribution in [3.05, 3.63) is 48.0 Å². The van der Waals surface area contributed by atoms with E-state index in [0.717, 1.165) is 4.90 Å². The normalized spacial score (nSPS) is 12.7. The van der Waals surface area contributed by atoms with Gasteiger partial charge in [-0.25, -0.2) is 4.79 Å². The molecule has 47 heavy (non-hydrogen) atoms. The van der Waals surface area contributed by atoms with E-state index in [2.05, 4.69) is 0 Å². The van der Waals surface area contributed by atoms with Gasteiger partial charge in [0.05, 0.1) is 125 Å². The number of carbonyl (C=O) groups excluding carboxylic acids is 4. The number of hydrogen-bond donors (Lipinski definition) is 0. The van der Waals surface area contributed by atoms with E-state index in [9.17, 15) is 19.2 Å². The van der Waals surface area contributed by atoms with Gasteiger partial charge in [-0.3, -0.25) is 19.3 Å². The summed E-state index contributed by atoms with van der Waals surface area (Å²) in [5.74, 6) is -2.21. The van der Waals surface area contributed by atoms with E-state index < -0.39 is 11.8 Å². The van der Waals surface area contributed by atoms with Gasteiger partial charge in [-0.1, -0.05) is 30.3 Å². The number of hydrogen-bond acceptors (Lipinski definition) is 14. The van der Waals surface area contributed by atoms with Crippen molar-refractivity contribution < 1.29 is 66.5 Å². The third-order valence-electron chi connectivity index (χ3n) is 6.02. The van der Waals surface area contributed by atoms with E-state index in [1.165, 1.54) is 12.2 Å². The number of Topliss-reactive ketones (excluding diaryl/α,β-unsaturated/α-hetero) is 1. The van der Waals surface area contributed by atoms with E-state index in [1.807, 2.05) is 0 Å². The van der Waals surface area contributed by atoms with Crippen LogP contribution in [0, 0.1) is 0 Å². The Morgan fingerprint density at radius 3 is 1.13 bits per heavy atom. The lowest BCUT2D eigenvalue weighted by Crippen LogP contribution is -2.33. The topological polar surface area (TPSA) is 164 Å². The predicted octanol–water partition coefficient (Wildman–Crippen LogP) is 0.487. The fourth-order valence-corrected chi connectivity index (χ4v) is 3.63. The Kier molecular flexibility index (Phi) is 23.8. The zero-order valence-corrected chi connectivity index (χ0v) is 26.8. The molecule has 15 nitrogen and oxygen atoms in total. The van der Waals surface area contributed by atoms with Gasteiger partial charge in [-0.15, -0.1) is 0 Å². The van der Waals surface area contributed by atoms with Crippen molar-refractivity contribution in [3.8, 4) is 0 Å². The van der Waals surface area contributed by atoms with Crippen LogP contribution in [0.5, 0.6) is 0 Å². The summed E-state index contributed by atoms with van der Waals surface area (Å²) >= 11 is 0. The minimum absolute atomic E-state index is 0.0101. The summed E-state index contributed by atoms with van der Waals surface area (Å²) in [7, 11) is 0. The standard InChI is InChI=1S/C32H47NO14/c34-29-6-7-30(35)33(29)8-9-38-10-11-39-12-13-40-14-15-41-16-17-42-18-19-43-20-21-44-22-23-45-24-25-46-26-27-47-32(37)31(36)28-4-2-1-3-5-28/h1-7H,8-27H2. The van der Waals surface area contributed by atoms with Crippen LogP contribution in [0.3, 0.4) is 0 Å². The molecule has 0 spiro atoms. The van der Waals surface area contributed by atoms with Gasteiger partial charge in [0, 0.05) is 17.7 Å². The molecule has 1 aliphatic rings. The maximum absolute atomic E-state index is 11.9. The predicted molar refractivity (Wildman–Crippen MR) is 165 cm³/mol. The van der Waals surface area contributed by atoms with Gasteiger partial charge in [0.25, 0.3) is 17.6 Å². The lowest BCUT2D eigenvalue weighted by Gasteiger charge is -2.13.